The van der Waals surface area contributed by atoms with Gasteiger partial charge >= 0.3 is 5.97 Å². The molecule has 3 N–H and O–H groups in total. The largest absolute Gasteiger partial charge is 0.478 e. The Bertz CT molecular complexity index is 397. The Labute approximate surface area is 97.8 Å². The summed E-state index contributed by atoms with van der Waals surface area (Å²) in [4.78, 5) is 10.9. The van der Waals surface area contributed by atoms with Gasteiger partial charge in [-0.25, -0.2) is 9.18 Å². The molecule has 0 aliphatic carbocycles. The smallest absolute Gasteiger partial charge is 0.340 e. The minimum Gasteiger partial charge on any atom is -0.478 e. The lowest BCUT2D eigenvalue weighted by molar-refractivity contribution is 0.0692. The number of aliphatic hydroxyl groups is 1. The number of ether oxygens (including phenoxy) is 1. The van der Waals surface area contributed by atoms with Crippen molar-refractivity contribution in [3.05, 3.63) is 29.6 Å². The fraction of sp³-hybridized carbons (Fsp3) is 0.364. The zero-order chi connectivity index (χ0) is 12.8. The van der Waals surface area contributed by atoms with Crippen LogP contribution >= 0.6 is 0 Å². The molecular weight excluding hydrogens is 229 g/mol. The van der Waals surface area contributed by atoms with Crippen LogP contribution in [0, 0.1) is 5.82 Å². The van der Waals surface area contributed by atoms with Crippen LogP contribution in [0.5, 0.6) is 0 Å². The molecule has 1 atom stereocenters. The van der Waals surface area contributed by atoms with Crippen molar-refractivity contribution in [3.8, 4) is 0 Å². The Morgan fingerprint density at radius 1 is 1.59 bits per heavy atom. The van der Waals surface area contributed by atoms with E-state index >= 15 is 0 Å². The lowest BCUT2D eigenvalue weighted by Gasteiger charge is -2.18. The van der Waals surface area contributed by atoms with E-state index in [0.29, 0.717) is 0 Å². The van der Waals surface area contributed by atoms with Gasteiger partial charge in [-0.3, -0.25) is 0 Å². The number of carboxylic acid groups (broad SMARTS) is 1. The summed E-state index contributed by atoms with van der Waals surface area (Å²) in [5.74, 6) is -2.18. The second-order valence-corrected chi connectivity index (χ2v) is 3.45. The fourth-order valence-electron chi connectivity index (χ4n) is 1.42. The van der Waals surface area contributed by atoms with Gasteiger partial charge in [-0.2, -0.15) is 0 Å². The van der Waals surface area contributed by atoms with Crippen molar-refractivity contribution in [2.75, 3.05) is 25.6 Å². The normalized spacial score (nSPS) is 12.2. The van der Waals surface area contributed by atoms with Crippen LogP contribution in [0.15, 0.2) is 18.2 Å². The van der Waals surface area contributed by atoms with E-state index in [2.05, 4.69) is 5.32 Å². The maximum atomic E-state index is 13.3. The number of halogens is 1. The molecule has 0 spiro atoms. The molecule has 6 heteroatoms. The molecule has 0 fully saturated rings. The van der Waals surface area contributed by atoms with Crippen molar-refractivity contribution in [1.29, 1.82) is 0 Å². The number of hydrogen-bond donors (Lipinski definition) is 3. The molecule has 0 aliphatic rings. The van der Waals surface area contributed by atoms with E-state index in [-0.39, 0.29) is 18.9 Å². The standard InChI is InChI=1S/C11H14FNO4/c1-17-6-7(5-14)13-9-4-2-3-8(12)10(9)11(15)16/h2-4,7,13-14H,5-6H2,1H3,(H,15,16). The molecule has 1 rings (SSSR count). The Balaban J connectivity index is 2.97. The third kappa shape index (κ3) is 3.40. The second kappa shape index (κ2) is 6.17. The molecular formula is C11H14FNO4. The maximum Gasteiger partial charge on any atom is 0.340 e. The van der Waals surface area contributed by atoms with Gasteiger partial charge in [0.2, 0.25) is 0 Å². The van der Waals surface area contributed by atoms with E-state index in [1.807, 2.05) is 0 Å². The highest BCUT2D eigenvalue weighted by atomic mass is 19.1. The molecule has 0 saturated carbocycles. The molecule has 0 aromatic heterocycles. The van der Waals surface area contributed by atoms with Gasteiger partial charge in [0.1, 0.15) is 11.4 Å². The number of aromatic carboxylic acids is 1. The highest BCUT2D eigenvalue weighted by molar-refractivity contribution is 5.94. The summed E-state index contributed by atoms with van der Waals surface area (Å²) < 4.78 is 18.2. The molecule has 0 radical (unpaired) electrons. The predicted molar refractivity (Wildman–Crippen MR) is 59.7 cm³/mol. The van der Waals surface area contributed by atoms with E-state index < -0.39 is 23.4 Å². The van der Waals surface area contributed by atoms with Crippen molar-refractivity contribution in [2.24, 2.45) is 0 Å². The molecule has 1 unspecified atom stereocenters. The van der Waals surface area contributed by atoms with Gasteiger partial charge < -0.3 is 20.3 Å². The van der Waals surface area contributed by atoms with E-state index in [9.17, 15) is 9.18 Å². The van der Waals surface area contributed by atoms with Gasteiger partial charge in [-0.1, -0.05) is 6.07 Å². The van der Waals surface area contributed by atoms with Crippen molar-refractivity contribution in [2.45, 2.75) is 6.04 Å². The number of rotatable bonds is 6. The van der Waals surface area contributed by atoms with Crippen molar-refractivity contribution >= 4 is 11.7 Å². The zero-order valence-electron chi connectivity index (χ0n) is 9.31. The number of aliphatic hydroxyl groups excluding tert-OH is 1. The first kappa shape index (κ1) is 13.4. The van der Waals surface area contributed by atoms with Gasteiger partial charge in [0.05, 0.1) is 24.9 Å². The second-order valence-electron chi connectivity index (χ2n) is 3.45. The molecule has 0 saturated heterocycles. The number of benzene rings is 1. The maximum absolute atomic E-state index is 13.3. The molecule has 1 aromatic carbocycles. The predicted octanol–water partition coefficient (Wildman–Crippen LogP) is 0.943. The number of carboxylic acids is 1. The number of anilines is 1. The molecule has 94 valence electrons. The van der Waals surface area contributed by atoms with Crippen LogP contribution in [0.4, 0.5) is 10.1 Å². The van der Waals surface area contributed by atoms with Gasteiger partial charge in [-0.05, 0) is 12.1 Å². The first-order valence-electron chi connectivity index (χ1n) is 4.98. The van der Waals surface area contributed by atoms with Gasteiger partial charge in [0, 0.05) is 7.11 Å². The van der Waals surface area contributed by atoms with Crippen LogP contribution in [-0.4, -0.2) is 42.5 Å². The Kier molecular flexibility index (Phi) is 4.86. The van der Waals surface area contributed by atoms with Crippen molar-refractivity contribution in [1.82, 2.24) is 0 Å². The summed E-state index contributed by atoms with van der Waals surface area (Å²) in [5.41, 5.74) is -0.323. The quantitative estimate of drug-likeness (QED) is 0.693. The third-order valence-corrected chi connectivity index (χ3v) is 2.18. The van der Waals surface area contributed by atoms with E-state index in [1.54, 1.807) is 0 Å². The number of methoxy groups -OCH3 is 1. The Hall–Kier alpha value is -1.66. The summed E-state index contributed by atoms with van der Waals surface area (Å²) in [6, 6.07) is 3.41. The Morgan fingerprint density at radius 2 is 2.29 bits per heavy atom. The van der Waals surface area contributed by atoms with Gasteiger partial charge in [-0.15, -0.1) is 0 Å². The Morgan fingerprint density at radius 3 is 2.82 bits per heavy atom. The number of nitrogens with one attached hydrogen (secondary N) is 1. The zero-order valence-corrected chi connectivity index (χ0v) is 9.31. The van der Waals surface area contributed by atoms with Gasteiger partial charge in [0.25, 0.3) is 0 Å². The summed E-state index contributed by atoms with van der Waals surface area (Å²) in [6.45, 7) is -0.0600. The average Bonchev–Trinajstić information content (AvgIpc) is 2.28. The molecule has 1 aromatic rings. The van der Waals surface area contributed by atoms with Crippen LogP contribution in [0.2, 0.25) is 0 Å². The summed E-state index contributed by atoms with van der Waals surface area (Å²) in [7, 11) is 1.45. The topological polar surface area (TPSA) is 78.8 Å². The van der Waals surface area contributed by atoms with E-state index in [0.717, 1.165) is 6.07 Å². The summed E-state index contributed by atoms with van der Waals surface area (Å²) >= 11 is 0. The number of carbonyl (C=O) groups is 1. The molecule has 0 amide bonds. The van der Waals surface area contributed by atoms with Gasteiger partial charge in [0.15, 0.2) is 0 Å². The minimum absolute atomic E-state index is 0.119. The average molecular weight is 243 g/mol. The molecule has 0 aliphatic heterocycles. The third-order valence-electron chi connectivity index (χ3n) is 2.18. The number of hydrogen-bond acceptors (Lipinski definition) is 4. The van der Waals surface area contributed by atoms with E-state index in [4.69, 9.17) is 14.9 Å². The summed E-state index contributed by atoms with van der Waals surface area (Å²) in [5, 5.41) is 20.6. The van der Waals surface area contributed by atoms with Crippen molar-refractivity contribution in [3.63, 3.8) is 0 Å². The van der Waals surface area contributed by atoms with Crippen LogP contribution in [0.1, 0.15) is 10.4 Å². The highest BCUT2D eigenvalue weighted by Crippen LogP contribution is 2.19. The monoisotopic (exact) mass is 243 g/mol. The fourth-order valence-corrected chi connectivity index (χ4v) is 1.42. The summed E-state index contributed by atoms with van der Waals surface area (Å²) in [6.07, 6.45) is 0. The first-order chi connectivity index (χ1) is 8.10. The van der Waals surface area contributed by atoms with Crippen LogP contribution < -0.4 is 5.32 Å². The van der Waals surface area contributed by atoms with Crippen LogP contribution in [-0.2, 0) is 4.74 Å². The lowest BCUT2D eigenvalue weighted by atomic mass is 10.1. The molecule has 17 heavy (non-hydrogen) atoms. The lowest BCUT2D eigenvalue weighted by Crippen LogP contribution is -2.29. The molecule has 0 bridgehead atoms. The highest BCUT2D eigenvalue weighted by Gasteiger charge is 2.17. The minimum atomic E-state index is -1.36. The van der Waals surface area contributed by atoms with Crippen LogP contribution in [0.25, 0.3) is 0 Å². The molecule has 0 heterocycles. The molecule has 5 nitrogen and oxygen atoms in total. The first-order valence-corrected chi connectivity index (χ1v) is 4.98. The van der Waals surface area contributed by atoms with Crippen LogP contribution in [0.3, 0.4) is 0 Å². The van der Waals surface area contributed by atoms with E-state index in [1.165, 1.54) is 19.2 Å². The SMILES string of the molecule is COCC(CO)Nc1cccc(F)c1C(=O)O. The van der Waals surface area contributed by atoms with Crippen molar-refractivity contribution < 1.29 is 24.1 Å².